The lowest BCUT2D eigenvalue weighted by Gasteiger charge is -2.33. The van der Waals surface area contributed by atoms with Gasteiger partial charge >= 0.3 is 0 Å². The van der Waals surface area contributed by atoms with Crippen molar-refractivity contribution in [2.75, 3.05) is 36.5 Å². The van der Waals surface area contributed by atoms with Gasteiger partial charge in [0, 0.05) is 31.6 Å². The molecule has 1 aliphatic rings. The van der Waals surface area contributed by atoms with Gasteiger partial charge in [-0.25, -0.2) is 13.4 Å². The second kappa shape index (κ2) is 7.04. The van der Waals surface area contributed by atoms with Crippen LogP contribution in [0.25, 0.3) is 0 Å². The molecule has 1 saturated heterocycles. The van der Waals surface area contributed by atoms with Crippen molar-refractivity contribution in [2.24, 2.45) is 0 Å². The van der Waals surface area contributed by atoms with Crippen LogP contribution in [0.1, 0.15) is 19.3 Å². The van der Waals surface area contributed by atoms with Crippen LogP contribution in [0.15, 0.2) is 24.4 Å². The molecule has 0 unspecified atom stereocenters. The molecule has 2 heterocycles. The summed E-state index contributed by atoms with van der Waals surface area (Å²) >= 11 is 0. The van der Waals surface area contributed by atoms with Crippen molar-refractivity contribution in [3.05, 3.63) is 24.4 Å². The SMILES string of the molecule is CS(=O)(=O)CCCNC1CCN(c2ccccn2)CC1. The molecule has 1 fully saturated rings. The van der Waals surface area contributed by atoms with Crippen molar-refractivity contribution in [3.8, 4) is 0 Å². The average molecular weight is 297 g/mol. The normalized spacial score (nSPS) is 17.4. The number of nitrogens with zero attached hydrogens (tertiary/aromatic N) is 2. The van der Waals surface area contributed by atoms with E-state index in [0.717, 1.165) is 38.3 Å². The second-order valence-electron chi connectivity index (χ2n) is 5.39. The lowest BCUT2D eigenvalue weighted by molar-refractivity contribution is 0.414. The van der Waals surface area contributed by atoms with E-state index in [0.29, 0.717) is 12.5 Å². The van der Waals surface area contributed by atoms with Crippen LogP contribution in [-0.4, -0.2) is 51.1 Å². The number of pyridine rings is 1. The van der Waals surface area contributed by atoms with Gasteiger partial charge in [-0.1, -0.05) is 6.07 Å². The van der Waals surface area contributed by atoms with Gasteiger partial charge in [0.05, 0.1) is 5.75 Å². The Morgan fingerprint density at radius 2 is 2.10 bits per heavy atom. The van der Waals surface area contributed by atoms with Gasteiger partial charge in [0.25, 0.3) is 0 Å². The third-order valence-corrected chi connectivity index (χ3v) is 4.62. The molecule has 5 nitrogen and oxygen atoms in total. The Kier molecular flexibility index (Phi) is 5.37. The molecule has 0 atom stereocenters. The van der Waals surface area contributed by atoms with Gasteiger partial charge in [0.15, 0.2) is 0 Å². The highest BCUT2D eigenvalue weighted by atomic mass is 32.2. The molecular weight excluding hydrogens is 274 g/mol. The summed E-state index contributed by atoms with van der Waals surface area (Å²) in [7, 11) is -2.83. The summed E-state index contributed by atoms with van der Waals surface area (Å²) in [5.74, 6) is 1.32. The lowest BCUT2D eigenvalue weighted by atomic mass is 10.0. The number of aromatic nitrogens is 1. The molecule has 1 aromatic rings. The van der Waals surface area contributed by atoms with Crippen LogP contribution in [0.4, 0.5) is 5.82 Å². The van der Waals surface area contributed by atoms with E-state index in [9.17, 15) is 8.42 Å². The maximum Gasteiger partial charge on any atom is 0.147 e. The van der Waals surface area contributed by atoms with Gasteiger partial charge in [-0.3, -0.25) is 0 Å². The summed E-state index contributed by atoms with van der Waals surface area (Å²) in [4.78, 5) is 6.67. The van der Waals surface area contributed by atoms with Gasteiger partial charge in [-0.2, -0.15) is 0 Å². The summed E-state index contributed by atoms with van der Waals surface area (Å²) in [6, 6.07) is 6.48. The minimum atomic E-state index is -2.83. The molecule has 20 heavy (non-hydrogen) atoms. The first-order valence-electron chi connectivity index (χ1n) is 7.12. The van der Waals surface area contributed by atoms with Crippen LogP contribution >= 0.6 is 0 Å². The van der Waals surface area contributed by atoms with Crippen LogP contribution in [0.5, 0.6) is 0 Å². The summed E-state index contributed by atoms with van der Waals surface area (Å²) in [6.07, 6.45) is 5.97. The molecular formula is C14H23N3O2S. The van der Waals surface area contributed by atoms with E-state index < -0.39 is 9.84 Å². The first-order chi connectivity index (χ1) is 9.54. The van der Waals surface area contributed by atoms with Gasteiger partial charge < -0.3 is 10.2 Å². The Hall–Kier alpha value is -1.14. The lowest BCUT2D eigenvalue weighted by Crippen LogP contribution is -2.43. The van der Waals surface area contributed by atoms with Crippen molar-refractivity contribution < 1.29 is 8.42 Å². The van der Waals surface area contributed by atoms with E-state index >= 15 is 0 Å². The predicted octanol–water partition coefficient (Wildman–Crippen LogP) is 1.07. The average Bonchev–Trinajstić information content (AvgIpc) is 2.44. The van der Waals surface area contributed by atoms with Crippen LogP contribution in [0.3, 0.4) is 0 Å². The quantitative estimate of drug-likeness (QED) is 0.796. The number of hydrogen-bond donors (Lipinski definition) is 1. The van der Waals surface area contributed by atoms with Crippen molar-refractivity contribution >= 4 is 15.7 Å². The van der Waals surface area contributed by atoms with Crippen LogP contribution in [0, 0.1) is 0 Å². The molecule has 0 bridgehead atoms. The van der Waals surface area contributed by atoms with Gasteiger partial charge in [-0.05, 0) is 37.9 Å². The van der Waals surface area contributed by atoms with Gasteiger partial charge in [-0.15, -0.1) is 0 Å². The number of sulfone groups is 1. The second-order valence-corrected chi connectivity index (χ2v) is 7.65. The molecule has 0 aliphatic carbocycles. The van der Waals surface area contributed by atoms with E-state index in [2.05, 4.69) is 15.2 Å². The third-order valence-electron chi connectivity index (χ3n) is 3.59. The Morgan fingerprint density at radius 3 is 2.70 bits per heavy atom. The Balaban J connectivity index is 1.67. The van der Waals surface area contributed by atoms with Crippen LogP contribution in [-0.2, 0) is 9.84 Å². The minimum absolute atomic E-state index is 0.271. The highest BCUT2D eigenvalue weighted by Crippen LogP contribution is 2.17. The zero-order valence-corrected chi connectivity index (χ0v) is 12.8. The van der Waals surface area contributed by atoms with Crippen LogP contribution < -0.4 is 10.2 Å². The monoisotopic (exact) mass is 297 g/mol. The molecule has 0 amide bonds. The van der Waals surface area contributed by atoms with Gasteiger partial charge in [0.2, 0.25) is 0 Å². The standard InChI is InChI=1S/C14H23N3O2S/c1-20(18,19)12-4-9-15-13-6-10-17(11-7-13)14-5-2-3-8-16-14/h2-3,5,8,13,15H,4,6-7,9-12H2,1H3. The molecule has 112 valence electrons. The Labute approximate surface area is 121 Å². The number of hydrogen-bond acceptors (Lipinski definition) is 5. The molecule has 2 rings (SSSR count). The van der Waals surface area contributed by atoms with Crippen molar-refractivity contribution in [1.82, 2.24) is 10.3 Å². The van der Waals surface area contributed by atoms with E-state index in [1.54, 1.807) is 0 Å². The summed E-state index contributed by atoms with van der Waals surface area (Å²) in [6.45, 7) is 2.78. The number of rotatable bonds is 6. The van der Waals surface area contributed by atoms with E-state index in [4.69, 9.17) is 0 Å². The Bertz CT molecular complexity index is 496. The maximum atomic E-state index is 11.0. The molecule has 0 aromatic carbocycles. The topological polar surface area (TPSA) is 62.3 Å². The van der Waals surface area contributed by atoms with Crippen LogP contribution in [0.2, 0.25) is 0 Å². The van der Waals surface area contributed by atoms with Crippen molar-refractivity contribution in [2.45, 2.75) is 25.3 Å². The molecule has 6 heteroatoms. The summed E-state index contributed by atoms with van der Waals surface area (Å²) in [5.41, 5.74) is 0. The fraction of sp³-hybridized carbons (Fsp3) is 0.643. The molecule has 0 radical (unpaired) electrons. The van der Waals surface area contributed by atoms with Crippen molar-refractivity contribution in [3.63, 3.8) is 0 Å². The smallest absolute Gasteiger partial charge is 0.147 e. The zero-order valence-electron chi connectivity index (χ0n) is 12.0. The van der Waals surface area contributed by atoms with E-state index in [-0.39, 0.29) is 5.75 Å². The van der Waals surface area contributed by atoms with E-state index in [1.807, 2.05) is 24.4 Å². The zero-order chi connectivity index (χ0) is 14.4. The largest absolute Gasteiger partial charge is 0.357 e. The molecule has 1 N–H and O–H groups in total. The predicted molar refractivity (Wildman–Crippen MR) is 81.8 cm³/mol. The fourth-order valence-electron chi connectivity index (χ4n) is 2.49. The fourth-order valence-corrected chi connectivity index (χ4v) is 3.16. The maximum absolute atomic E-state index is 11.0. The Morgan fingerprint density at radius 1 is 1.35 bits per heavy atom. The highest BCUT2D eigenvalue weighted by molar-refractivity contribution is 7.90. The number of anilines is 1. The third kappa shape index (κ3) is 5.09. The van der Waals surface area contributed by atoms with Crippen molar-refractivity contribution in [1.29, 1.82) is 0 Å². The highest BCUT2D eigenvalue weighted by Gasteiger charge is 2.19. The molecule has 0 spiro atoms. The summed E-state index contributed by atoms with van der Waals surface area (Å²) in [5, 5.41) is 3.45. The first kappa shape index (κ1) is 15.3. The minimum Gasteiger partial charge on any atom is -0.357 e. The number of nitrogens with one attached hydrogen (secondary N) is 1. The number of piperidine rings is 1. The molecule has 0 saturated carbocycles. The molecule has 1 aromatic heterocycles. The summed E-state index contributed by atoms with van der Waals surface area (Å²) < 4.78 is 22.1. The van der Waals surface area contributed by atoms with E-state index in [1.165, 1.54) is 6.26 Å². The van der Waals surface area contributed by atoms with Gasteiger partial charge in [0.1, 0.15) is 15.7 Å². The first-order valence-corrected chi connectivity index (χ1v) is 9.18. The molecule has 1 aliphatic heterocycles.